The van der Waals surface area contributed by atoms with Gasteiger partial charge in [0.2, 0.25) is 0 Å². The van der Waals surface area contributed by atoms with Crippen molar-refractivity contribution in [3.8, 4) is 0 Å². The highest BCUT2D eigenvalue weighted by molar-refractivity contribution is 6.00. The molecule has 11 heteroatoms. The predicted molar refractivity (Wildman–Crippen MR) is 98.0 cm³/mol. The van der Waals surface area contributed by atoms with Crippen molar-refractivity contribution in [2.75, 3.05) is 7.11 Å². The lowest BCUT2D eigenvalue weighted by atomic mass is 9.80. The number of non-ortho nitro benzene ring substituents is 1. The number of rotatable bonds is 5. The van der Waals surface area contributed by atoms with Gasteiger partial charge in [0.25, 0.3) is 5.69 Å². The van der Waals surface area contributed by atoms with Gasteiger partial charge in [-0.15, -0.1) is 0 Å². The molecule has 2 rings (SSSR count). The Morgan fingerprint density at radius 3 is 2.33 bits per heavy atom. The molecule has 0 radical (unpaired) electrons. The molecule has 8 nitrogen and oxygen atoms in total. The minimum atomic E-state index is -4.99. The van der Waals surface area contributed by atoms with E-state index in [1.807, 2.05) is 0 Å². The third-order valence-electron chi connectivity index (χ3n) is 4.23. The fourth-order valence-electron chi connectivity index (χ4n) is 3.08. The number of dihydropyridines is 1. The lowest BCUT2D eigenvalue weighted by Crippen LogP contribution is -2.38. The monoisotopic (exact) mass is 428 g/mol. The molecule has 1 aromatic rings. The number of carbonyl (C=O) groups excluding carboxylic acids is 2. The Kier molecular flexibility index (Phi) is 6.53. The molecule has 1 atom stereocenters. The quantitative estimate of drug-likeness (QED) is 0.434. The van der Waals surface area contributed by atoms with Crippen LogP contribution in [0.2, 0.25) is 0 Å². The van der Waals surface area contributed by atoms with Gasteiger partial charge in [0.05, 0.1) is 35.2 Å². The van der Waals surface area contributed by atoms with E-state index in [4.69, 9.17) is 4.74 Å². The van der Waals surface area contributed by atoms with E-state index in [0.29, 0.717) is 0 Å². The van der Waals surface area contributed by atoms with Crippen LogP contribution >= 0.6 is 0 Å². The van der Waals surface area contributed by atoms with Gasteiger partial charge in [0.15, 0.2) is 0 Å². The summed E-state index contributed by atoms with van der Waals surface area (Å²) in [4.78, 5) is 35.5. The van der Waals surface area contributed by atoms with Gasteiger partial charge < -0.3 is 14.8 Å². The van der Waals surface area contributed by atoms with Crippen LogP contribution in [0.25, 0.3) is 0 Å². The highest BCUT2D eigenvalue weighted by Gasteiger charge is 2.47. The molecule has 0 saturated carbocycles. The predicted octanol–water partition coefficient (Wildman–Crippen LogP) is 3.50. The SMILES string of the molecule is COC(=O)C1=C(C(F)(F)F)NC(C)=C(C(=O)OC(C)C)C1c1cccc([N+](=O)[O-])c1. The molecule has 1 unspecified atom stereocenters. The Morgan fingerprint density at radius 2 is 1.83 bits per heavy atom. The molecule has 162 valence electrons. The Bertz CT molecular complexity index is 950. The minimum absolute atomic E-state index is 0.0668. The van der Waals surface area contributed by atoms with E-state index in [1.54, 1.807) is 13.8 Å². The van der Waals surface area contributed by atoms with Crippen LogP contribution in [0.3, 0.4) is 0 Å². The summed E-state index contributed by atoms with van der Waals surface area (Å²) >= 11 is 0. The van der Waals surface area contributed by atoms with E-state index in [1.165, 1.54) is 19.1 Å². The second kappa shape index (κ2) is 8.56. The second-order valence-corrected chi connectivity index (χ2v) is 6.68. The van der Waals surface area contributed by atoms with Gasteiger partial charge in [0, 0.05) is 17.8 Å². The molecule has 0 spiro atoms. The standard InChI is InChI=1S/C19H19F3N2O6/c1-9(2)30-18(26)13-10(3)23-16(19(20,21)22)15(17(25)29-4)14(13)11-6-5-7-12(8-11)24(27)28/h5-9,14,23H,1-4H3. The third-order valence-corrected chi connectivity index (χ3v) is 4.23. The molecular formula is C19H19F3N2O6. The van der Waals surface area contributed by atoms with Crippen molar-refractivity contribution in [1.82, 2.24) is 5.32 Å². The highest BCUT2D eigenvalue weighted by Crippen LogP contribution is 2.44. The first-order valence-corrected chi connectivity index (χ1v) is 8.71. The summed E-state index contributed by atoms with van der Waals surface area (Å²) in [5.41, 5.74) is -3.27. The maximum atomic E-state index is 13.7. The molecule has 0 saturated heterocycles. The number of benzene rings is 1. The number of nitrogens with zero attached hydrogens (tertiary/aromatic N) is 1. The zero-order valence-corrected chi connectivity index (χ0v) is 16.5. The summed E-state index contributed by atoms with van der Waals surface area (Å²) < 4.78 is 50.9. The van der Waals surface area contributed by atoms with Crippen LogP contribution < -0.4 is 5.32 Å². The number of allylic oxidation sites excluding steroid dienone is 2. The van der Waals surface area contributed by atoms with Crippen molar-refractivity contribution in [3.63, 3.8) is 0 Å². The van der Waals surface area contributed by atoms with Crippen LogP contribution in [0.1, 0.15) is 32.3 Å². The molecule has 1 N–H and O–H groups in total. The topological polar surface area (TPSA) is 108 Å². The molecule has 1 heterocycles. The number of halogens is 3. The van der Waals surface area contributed by atoms with Crippen molar-refractivity contribution in [2.45, 2.75) is 39.0 Å². The number of hydrogen-bond donors (Lipinski definition) is 1. The van der Waals surface area contributed by atoms with Gasteiger partial charge >= 0.3 is 18.1 Å². The molecule has 0 amide bonds. The van der Waals surface area contributed by atoms with Crippen LogP contribution in [0, 0.1) is 10.1 Å². The Hall–Kier alpha value is -3.37. The van der Waals surface area contributed by atoms with Crippen LogP contribution in [0.5, 0.6) is 0 Å². The van der Waals surface area contributed by atoms with Gasteiger partial charge in [0.1, 0.15) is 5.70 Å². The fraction of sp³-hybridized carbons (Fsp3) is 0.368. The molecule has 0 aromatic heterocycles. The summed E-state index contributed by atoms with van der Waals surface area (Å²) in [6, 6.07) is 4.68. The molecule has 0 aliphatic carbocycles. The van der Waals surface area contributed by atoms with E-state index >= 15 is 0 Å². The van der Waals surface area contributed by atoms with Gasteiger partial charge in [-0.2, -0.15) is 13.2 Å². The van der Waals surface area contributed by atoms with Gasteiger partial charge in [-0.25, -0.2) is 9.59 Å². The molecule has 0 bridgehead atoms. The molecule has 0 fully saturated rings. The second-order valence-electron chi connectivity index (χ2n) is 6.68. The molecular weight excluding hydrogens is 409 g/mol. The van der Waals surface area contributed by atoms with E-state index < -0.39 is 52.0 Å². The minimum Gasteiger partial charge on any atom is -0.466 e. The van der Waals surface area contributed by atoms with Gasteiger partial charge in [-0.05, 0) is 26.3 Å². The maximum absolute atomic E-state index is 13.7. The van der Waals surface area contributed by atoms with Gasteiger partial charge in [-0.1, -0.05) is 12.1 Å². The number of alkyl halides is 3. The number of nitro groups is 1. The smallest absolute Gasteiger partial charge is 0.431 e. The first kappa shape index (κ1) is 22.9. The Morgan fingerprint density at radius 1 is 1.20 bits per heavy atom. The fourth-order valence-corrected chi connectivity index (χ4v) is 3.08. The molecule has 30 heavy (non-hydrogen) atoms. The van der Waals surface area contributed by atoms with Crippen LogP contribution in [-0.2, 0) is 19.1 Å². The highest BCUT2D eigenvalue weighted by atomic mass is 19.4. The van der Waals surface area contributed by atoms with Crippen molar-refractivity contribution >= 4 is 17.6 Å². The summed E-state index contributed by atoms with van der Waals surface area (Å²) in [6.07, 6.45) is -5.59. The first-order valence-electron chi connectivity index (χ1n) is 8.71. The molecule has 1 aliphatic heterocycles. The molecule has 1 aromatic carbocycles. The number of esters is 2. The van der Waals surface area contributed by atoms with E-state index in [-0.39, 0.29) is 16.8 Å². The van der Waals surface area contributed by atoms with Gasteiger partial charge in [-0.3, -0.25) is 10.1 Å². The average molecular weight is 428 g/mol. The largest absolute Gasteiger partial charge is 0.466 e. The van der Waals surface area contributed by atoms with Crippen LogP contribution in [0.4, 0.5) is 18.9 Å². The zero-order valence-electron chi connectivity index (χ0n) is 16.5. The Balaban J connectivity index is 2.84. The maximum Gasteiger partial charge on any atom is 0.431 e. The van der Waals surface area contributed by atoms with E-state index in [0.717, 1.165) is 19.2 Å². The third kappa shape index (κ3) is 4.61. The van der Waals surface area contributed by atoms with Crippen molar-refractivity contribution < 1.29 is 37.2 Å². The first-order chi connectivity index (χ1) is 13.9. The number of ether oxygens (including phenoxy) is 2. The van der Waals surface area contributed by atoms with E-state index in [2.05, 4.69) is 10.1 Å². The van der Waals surface area contributed by atoms with Crippen molar-refractivity contribution in [3.05, 3.63) is 62.5 Å². The normalized spacial score (nSPS) is 17.0. The molecule has 1 aliphatic rings. The van der Waals surface area contributed by atoms with E-state index in [9.17, 15) is 32.9 Å². The number of nitro benzene ring substituents is 1. The summed E-state index contributed by atoms with van der Waals surface area (Å²) in [6.45, 7) is 4.32. The number of nitrogens with one attached hydrogen (secondary N) is 1. The van der Waals surface area contributed by atoms with Crippen LogP contribution in [-0.4, -0.2) is 36.3 Å². The van der Waals surface area contributed by atoms with Crippen molar-refractivity contribution in [1.29, 1.82) is 0 Å². The average Bonchev–Trinajstić information content (AvgIpc) is 2.65. The number of methoxy groups -OCH3 is 1. The number of carbonyl (C=O) groups is 2. The summed E-state index contributed by atoms with van der Waals surface area (Å²) in [7, 11) is 0.894. The Labute approximate surface area is 169 Å². The van der Waals surface area contributed by atoms with Crippen molar-refractivity contribution in [2.24, 2.45) is 0 Å². The summed E-state index contributed by atoms with van der Waals surface area (Å²) in [5.74, 6) is -3.90. The summed E-state index contributed by atoms with van der Waals surface area (Å²) in [5, 5.41) is 13.2. The lowest BCUT2D eigenvalue weighted by molar-refractivity contribution is -0.384. The lowest BCUT2D eigenvalue weighted by Gasteiger charge is -2.32. The zero-order chi connectivity index (χ0) is 22.8. The number of hydrogen-bond acceptors (Lipinski definition) is 7. The van der Waals surface area contributed by atoms with Crippen LogP contribution in [0.15, 0.2) is 46.8 Å².